The minimum Gasteiger partial charge on any atom is -0.352 e. The Morgan fingerprint density at radius 3 is 2.68 bits per heavy atom. The summed E-state index contributed by atoms with van der Waals surface area (Å²) in [4.78, 5) is 12.2. The highest BCUT2D eigenvalue weighted by Gasteiger charge is 2.27. The Morgan fingerprint density at radius 2 is 2.00 bits per heavy atom. The molecule has 1 saturated heterocycles. The molecule has 0 spiro atoms. The molecule has 0 bridgehead atoms. The highest BCUT2D eigenvalue weighted by atomic mass is 32.2. The van der Waals surface area contributed by atoms with Crippen molar-refractivity contribution >= 4 is 15.7 Å². The minimum atomic E-state index is -2.90. The summed E-state index contributed by atoms with van der Waals surface area (Å²) in [5, 5.41) is 2.84. The van der Waals surface area contributed by atoms with Gasteiger partial charge in [0.2, 0.25) is 0 Å². The van der Waals surface area contributed by atoms with Crippen molar-refractivity contribution in [2.75, 3.05) is 18.1 Å². The molecule has 1 N–H and O–H groups in total. The lowest BCUT2D eigenvalue weighted by Gasteiger charge is -2.10. The lowest BCUT2D eigenvalue weighted by atomic mass is 10.1. The van der Waals surface area contributed by atoms with Crippen LogP contribution in [0.5, 0.6) is 0 Å². The zero-order valence-electron chi connectivity index (χ0n) is 12.1. The first kappa shape index (κ1) is 14.8. The van der Waals surface area contributed by atoms with Crippen LogP contribution in [-0.4, -0.2) is 36.9 Å². The normalized spacial score (nSPS) is 19.9. The average molecular weight is 318 g/mol. The molecule has 1 atom stereocenters. The Kier molecular flexibility index (Phi) is 4.02. The summed E-state index contributed by atoms with van der Waals surface area (Å²) >= 11 is 0. The van der Waals surface area contributed by atoms with E-state index in [1.807, 2.05) is 47.3 Å². The molecule has 0 unspecified atom stereocenters. The predicted octanol–water partition coefficient (Wildman–Crippen LogP) is 1.64. The number of benzene rings is 1. The summed E-state index contributed by atoms with van der Waals surface area (Å²) in [6, 6.07) is 11.2. The molecule has 1 aliphatic rings. The number of hydrogen-bond donors (Lipinski definition) is 1. The van der Waals surface area contributed by atoms with Crippen LogP contribution in [0, 0.1) is 5.92 Å². The number of aromatic nitrogens is 1. The third-order valence-electron chi connectivity index (χ3n) is 3.89. The molecule has 1 fully saturated rings. The Morgan fingerprint density at radius 1 is 1.23 bits per heavy atom. The van der Waals surface area contributed by atoms with Crippen LogP contribution in [0.4, 0.5) is 0 Å². The first-order valence-corrected chi connectivity index (χ1v) is 9.08. The van der Waals surface area contributed by atoms with E-state index in [9.17, 15) is 13.2 Å². The molecule has 22 heavy (non-hydrogen) atoms. The Labute approximate surface area is 129 Å². The highest BCUT2D eigenvalue weighted by molar-refractivity contribution is 7.91. The fraction of sp³-hybridized carbons (Fsp3) is 0.312. The summed E-state index contributed by atoms with van der Waals surface area (Å²) in [6.45, 7) is 0.409. The van der Waals surface area contributed by atoms with E-state index in [0.29, 0.717) is 18.5 Å². The van der Waals surface area contributed by atoms with Gasteiger partial charge in [-0.25, -0.2) is 8.42 Å². The second-order valence-electron chi connectivity index (χ2n) is 5.62. The molecule has 1 aromatic carbocycles. The van der Waals surface area contributed by atoms with Gasteiger partial charge < -0.3 is 9.88 Å². The number of nitrogens with zero attached hydrogens (tertiary/aromatic N) is 1. The smallest absolute Gasteiger partial charge is 0.251 e. The third kappa shape index (κ3) is 3.39. The first-order valence-electron chi connectivity index (χ1n) is 7.25. The van der Waals surface area contributed by atoms with E-state index in [4.69, 9.17) is 0 Å². The molecule has 0 saturated carbocycles. The number of carbonyl (C=O) groups excluding carboxylic acids is 1. The monoisotopic (exact) mass is 318 g/mol. The molecule has 2 aromatic rings. The first-order chi connectivity index (χ1) is 10.5. The third-order valence-corrected chi connectivity index (χ3v) is 5.73. The van der Waals surface area contributed by atoms with Crippen LogP contribution in [0.3, 0.4) is 0 Å². The molecular formula is C16H18N2O3S. The van der Waals surface area contributed by atoms with E-state index in [1.54, 1.807) is 6.07 Å². The van der Waals surface area contributed by atoms with Crippen LogP contribution in [0.25, 0.3) is 5.69 Å². The van der Waals surface area contributed by atoms with Gasteiger partial charge in [-0.15, -0.1) is 0 Å². The number of sulfone groups is 1. The highest BCUT2D eigenvalue weighted by Crippen LogP contribution is 2.17. The summed E-state index contributed by atoms with van der Waals surface area (Å²) in [5.41, 5.74) is 1.49. The second-order valence-corrected chi connectivity index (χ2v) is 7.85. The van der Waals surface area contributed by atoms with Crippen LogP contribution < -0.4 is 5.32 Å². The molecule has 5 nitrogen and oxygen atoms in total. The zero-order valence-corrected chi connectivity index (χ0v) is 12.9. The fourth-order valence-corrected chi connectivity index (χ4v) is 4.55. The molecule has 1 aromatic heterocycles. The second kappa shape index (κ2) is 5.96. The molecule has 116 valence electrons. The van der Waals surface area contributed by atoms with Crippen molar-refractivity contribution in [3.8, 4) is 5.69 Å². The number of hydrogen-bond acceptors (Lipinski definition) is 3. The molecule has 6 heteroatoms. The van der Waals surface area contributed by atoms with Gasteiger partial charge in [-0.05, 0) is 42.7 Å². The van der Waals surface area contributed by atoms with E-state index >= 15 is 0 Å². The Bertz CT molecular complexity index is 766. The van der Waals surface area contributed by atoms with E-state index in [2.05, 4.69) is 5.32 Å². The van der Waals surface area contributed by atoms with Crippen molar-refractivity contribution < 1.29 is 13.2 Å². The van der Waals surface area contributed by atoms with Gasteiger partial charge in [0.25, 0.3) is 5.91 Å². The van der Waals surface area contributed by atoms with Gasteiger partial charge in [0, 0.05) is 30.2 Å². The Hall–Kier alpha value is -2.08. The SMILES string of the molecule is O=C(NC[C@H]1CCS(=O)(=O)C1)c1cccc(-n2cccc2)c1. The molecular weight excluding hydrogens is 300 g/mol. The van der Waals surface area contributed by atoms with Crippen molar-refractivity contribution in [2.24, 2.45) is 5.92 Å². The maximum absolute atomic E-state index is 12.2. The van der Waals surface area contributed by atoms with Crippen molar-refractivity contribution in [1.82, 2.24) is 9.88 Å². The standard InChI is InChI=1S/C16H18N2O3S/c19-16(17-11-13-6-9-22(20,21)12-13)14-4-3-5-15(10-14)18-7-1-2-8-18/h1-5,7-8,10,13H,6,9,11-12H2,(H,17,19)/t13-/m1/s1. The van der Waals surface area contributed by atoms with E-state index in [-0.39, 0.29) is 23.3 Å². The maximum atomic E-state index is 12.2. The molecule has 2 heterocycles. The molecule has 1 aliphatic heterocycles. The van der Waals surface area contributed by atoms with Crippen LogP contribution in [0.1, 0.15) is 16.8 Å². The maximum Gasteiger partial charge on any atom is 0.251 e. The van der Waals surface area contributed by atoms with E-state index < -0.39 is 9.84 Å². The van der Waals surface area contributed by atoms with Gasteiger partial charge in [0.1, 0.15) is 0 Å². The molecule has 3 rings (SSSR count). The van der Waals surface area contributed by atoms with Gasteiger partial charge in [-0.1, -0.05) is 6.07 Å². The topological polar surface area (TPSA) is 68.2 Å². The number of carbonyl (C=O) groups is 1. The summed E-state index contributed by atoms with van der Waals surface area (Å²) in [5.74, 6) is 0.271. The van der Waals surface area contributed by atoms with Crippen molar-refractivity contribution in [1.29, 1.82) is 0 Å². The van der Waals surface area contributed by atoms with Gasteiger partial charge in [0.05, 0.1) is 11.5 Å². The lowest BCUT2D eigenvalue weighted by molar-refractivity contribution is 0.0948. The van der Waals surface area contributed by atoms with Gasteiger partial charge in [-0.3, -0.25) is 4.79 Å². The number of rotatable bonds is 4. The van der Waals surface area contributed by atoms with Crippen molar-refractivity contribution in [3.05, 3.63) is 54.4 Å². The van der Waals surface area contributed by atoms with Crippen LogP contribution >= 0.6 is 0 Å². The quantitative estimate of drug-likeness (QED) is 0.932. The van der Waals surface area contributed by atoms with Gasteiger partial charge in [0.15, 0.2) is 9.84 Å². The lowest BCUT2D eigenvalue weighted by Crippen LogP contribution is -2.29. The van der Waals surface area contributed by atoms with E-state index in [1.165, 1.54) is 0 Å². The van der Waals surface area contributed by atoms with Gasteiger partial charge in [-0.2, -0.15) is 0 Å². The largest absolute Gasteiger partial charge is 0.352 e. The van der Waals surface area contributed by atoms with Crippen LogP contribution in [0.2, 0.25) is 0 Å². The number of nitrogens with one attached hydrogen (secondary N) is 1. The predicted molar refractivity (Wildman–Crippen MR) is 84.9 cm³/mol. The van der Waals surface area contributed by atoms with Crippen molar-refractivity contribution in [2.45, 2.75) is 6.42 Å². The fourth-order valence-electron chi connectivity index (χ4n) is 2.69. The molecule has 1 amide bonds. The summed E-state index contributed by atoms with van der Waals surface area (Å²) in [7, 11) is -2.90. The minimum absolute atomic E-state index is 0.0292. The van der Waals surface area contributed by atoms with E-state index in [0.717, 1.165) is 5.69 Å². The van der Waals surface area contributed by atoms with Gasteiger partial charge >= 0.3 is 0 Å². The van der Waals surface area contributed by atoms with Crippen molar-refractivity contribution in [3.63, 3.8) is 0 Å². The Balaban J connectivity index is 1.64. The number of amides is 1. The summed E-state index contributed by atoms with van der Waals surface area (Å²) in [6.07, 6.45) is 4.47. The zero-order chi connectivity index (χ0) is 15.6. The molecule has 0 radical (unpaired) electrons. The average Bonchev–Trinajstić information content (AvgIpc) is 3.14. The van der Waals surface area contributed by atoms with Crippen LogP contribution in [-0.2, 0) is 9.84 Å². The summed E-state index contributed by atoms with van der Waals surface area (Å²) < 4.78 is 24.8. The van der Waals surface area contributed by atoms with Crippen LogP contribution in [0.15, 0.2) is 48.8 Å². The molecule has 0 aliphatic carbocycles.